The van der Waals surface area contributed by atoms with Crippen LogP contribution in [0.2, 0.25) is 0 Å². The second kappa shape index (κ2) is 27.0. The molecule has 2 aromatic rings. The summed E-state index contributed by atoms with van der Waals surface area (Å²) < 4.78 is 12.3. The first kappa shape index (κ1) is 56.0. The van der Waals surface area contributed by atoms with Gasteiger partial charge < -0.3 is 34.8 Å². The Morgan fingerprint density at radius 2 is 1.59 bits per heavy atom. The summed E-state index contributed by atoms with van der Waals surface area (Å²) in [5, 5.41) is 9.51. The summed E-state index contributed by atoms with van der Waals surface area (Å²) in [5.41, 5.74) is 1.16. The number of thiocarbonyl (C=S) groups is 1. The Hall–Kier alpha value is -4.58. The molecule has 6 amide bonds. The van der Waals surface area contributed by atoms with E-state index >= 15 is 0 Å². The van der Waals surface area contributed by atoms with Gasteiger partial charge in [0.1, 0.15) is 17.1 Å². The Kier molecular flexibility index (Phi) is 22.2. The molecule has 1 fully saturated rings. The lowest BCUT2D eigenvalue weighted by Crippen LogP contribution is -2.60. The quantitative estimate of drug-likeness (QED) is 0.0579. The van der Waals surface area contributed by atoms with Crippen molar-refractivity contribution in [3.05, 3.63) is 64.6 Å². The third kappa shape index (κ3) is 14.7. The maximum Gasteiger partial charge on any atom is 0.253 e. The highest BCUT2D eigenvalue weighted by Crippen LogP contribution is 2.31. The summed E-state index contributed by atoms with van der Waals surface area (Å²) in [5.74, 6) is -2.58. The van der Waals surface area contributed by atoms with Gasteiger partial charge in [-0.15, -0.1) is 11.3 Å². The Labute approximate surface area is 414 Å². The van der Waals surface area contributed by atoms with Gasteiger partial charge >= 0.3 is 0 Å². The molecule has 2 aliphatic heterocycles. The molecule has 3 heterocycles. The lowest BCUT2D eigenvalue weighted by molar-refractivity contribution is -0.148. The largest absolute Gasteiger partial charge is 0.379 e. The summed E-state index contributed by atoms with van der Waals surface area (Å²) in [7, 11) is 6.56. The Bertz CT molecular complexity index is 2000. The number of unbranched alkanes of at least 4 members (excludes halogenated alkanes) is 2. The van der Waals surface area contributed by atoms with E-state index in [1.165, 1.54) is 22.0 Å². The van der Waals surface area contributed by atoms with Gasteiger partial charge in [0.2, 0.25) is 23.6 Å². The van der Waals surface area contributed by atoms with Crippen molar-refractivity contribution in [1.82, 2.24) is 35.2 Å². The van der Waals surface area contributed by atoms with E-state index in [1.807, 2.05) is 76.9 Å². The molecule has 4 rings (SSSR count). The van der Waals surface area contributed by atoms with Crippen molar-refractivity contribution in [1.29, 1.82) is 0 Å². The molecule has 0 spiro atoms. The molecular weight excluding hydrogens is 903 g/mol. The minimum absolute atomic E-state index is 0.0308. The van der Waals surface area contributed by atoms with Crippen LogP contribution in [0.15, 0.2) is 54.1 Å². The molecule has 15 nitrogen and oxygen atoms in total. The van der Waals surface area contributed by atoms with E-state index in [4.69, 9.17) is 21.7 Å². The number of benzene rings is 1. The van der Waals surface area contributed by atoms with Crippen molar-refractivity contribution in [2.75, 3.05) is 41.4 Å². The first-order valence-corrected chi connectivity index (χ1v) is 25.6. The lowest BCUT2D eigenvalue weighted by atomic mass is 9.89. The van der Waals surface area contributed by atoms with Crippen LogP contribution < -0.4 is 10.6 Å². The fourth-order valence-corrected chi connectivity index (χ4v) is 10.6. The number of ether oxygens (including phenoxy) is 2. The zero-order valence-electron chi connectivity index (χ0n) is 42.1. The van der Waals surface area contributed by atoms with Gasteiger partial charge in [-0.3, -0.25) is 33.7 Å². The smallest absolute Gasteiger partial charge is 0.253 e. The number of rotatable bonds is 27. The maximum atomic E-state index is 14.6. The van der Waals surface area contributed by atoms with Gasteiger partial charge in [0, 0.05) is 77.5 Å². The van der Waals surface area contributed by atoms with Gasteiger partial charge in [-0.2, -0.15) is 0 Å². The number of methoxy groups -OCH3 is 2. The molecule has 68 heavy (non-hydrogen) atoms. The van der Waals surface area contributed by atoms with Crippen LogP contribution in [0, 0.1) is 23.7 Å². The van der Waals surface area contributed by atoms with Crippen molar-refractivity contribution >= 4 is 64.0 Å². The average Bonchev–Trinajstić information content (AvgIpc) is 4.10. The Morgan fingerprint density at radius 3 is 2.16 bits per heavy atom. The molecule has 0 bridgehead atoms. The first-order valence-electron chi connectivity index (χ1n) is 24.3. The number of nitrogens with zero attached hydrogens (tertiary/aromatic N) is 5. The van der Waals surface area contributed by atoms with Crippen molar-refractivity contribution in [3.8, 4) is 0 Å². The molecule has 0 radical (unpaired) electrons. The third-order valence-corrected chi connectivity index (χ3v) is 15.1. The summed E-state index contributed by atoms with van der Waals surface area (Å²) in [4.78, 5) is 91.9. The molecule has 17 heteroatoms. The van der Waals surface area contributed by atoms with E-state index in [9.17, 15) is 28.8 Å². The number of aromatic nitrogens is 1. The second-order valence-electron chi connectivity index (χ2n) is 19.1. The van der Waals surface area contributed by atoms with Crippen molar-refractivity contribution in [2.24, 2.45) is 23.7 Å². The van der Waals surface area contributed by atoms with E-state index in [0.717, 1.165) is 23.4 Å². The van der Waals surface area contributed by atoms with Crippen molar-refractivity contribution in [2.45, 2.75) is 149 Å². The zero-order chi connectivity index (χ0) is 50.2. The Balaban J connectivity index is 1.42. The normalized spacial score (nSPS) is 18.5. The fourth-order valence-electron chi connectivity index (χ4n) is 9.67. The van der Waals surface area contributed by atoms with E-state index in [2.05, 4.69) is 27.8 Å². The van der Waals surface area contributed by atoms with Gasteiger partial charge in [0.05, 0.1) is 41.7 Å². The number of imide groups is 1. The minimum atomic E-state index is -0.922. The summed E-state index contributed by atoms with van der Waals surface area (Å²) >= 11 is 7.64. The van der Waals surface area contributed by atoms with Gasteiger partial charge in [0.15, 0.2) is 0 Å². The third-order valence-electron chi connectivity index (χ3n) is 13.7. The topological polar surface area (TPSA) is 171 Å². The van der Waals surface area contributed by atoms with Crippen LogP contribution in [0.5, 0.6) is 0 Å². The number of carbonyl (C=O) groups excluding carboxylic acids is 6. The maximum absolute atomic E-state index is 14.6. The number of likely N-dealkylation sites (tertiary alicyclic amines) is 1. The van der Waals surface area contributed by atoms with Crippen LogP contribution in [0.1, 0.15) is 116 Å². The molecule has 0 saturated carbocycles. The van der Waals surface area contributed by atoms with E-state index in [1.54, 1.807) is 50.7 Å². The predicted molar refractivity (Wildman–Crippen MR) is 269 cm³/mol. The minimum Gasteiger partial charge on any atom is -0.379 e. The van der Waals surface area contributed by atoms with E-state index in [-0.39, 0.29) is 90.8 Å². The van der Waals surface area contributed by atoms with E-state index < -0.39 is 30.1 Å². The second-order valence-corrected chi connectivity index (χ2v) is 20.5. The molecule has 1 aromatic carbocycles. The number of nitrogens with one attached hydrogen (secondary N) is 2. The monoisotopic (exact) mass is 980 g/mol. The standard InChI is InChI=1S/C51H77N7O8S2/c1-12-34(6)46(56(9)51(64)44(32(2)3)54-48(63)45(33(4)5)55(8)40(59)23-17-14-18-27-58-41(60)24-25-42(58)61)39(65-10)31-43(62)57-28-19-22-38(57)47(66-11)35(7)49(67)53-37(50-52-26-29-68-50)30-36-20-15-13-16-21-36/h13,15-16,20-21,24-26,29,32-35,37-39,44-47H,12,14,17-19,22-23,27-28,30-31H2,1-11H3,(H,53,67)(H,54,63). The van der Waals surface area contributed by atoms with Gasteiger partial charge in [-0.05, 0) is 55.4 Å². The van der Waals surface area contributed by atoms with Gasteiger partial charge in [-0.1, -0.05) is 104 Å². The van der Waals surface area contributed by atoms with Crippen LogP contribution >= 0.6 is 23.6 Å². The van der Waals surface area contributed by atoms with Crippen LogP contribution in [0.25, 0.3) is 0 Å². The summed E-state index contributed by atoms with van der Waals surface area (Å²) in [6, 6.07) is 7.60. The van der Waals surface area contributed by atoms with Crippen LogP contribution in [-0.4, -0.2) is 143 Å². The predicted octanol–water partition coefficient (Wildman–Crippen LogP) is 6.37. The average molecular weight is 980 g/mol. The van der Waals surface area contributed by atoms with Crippen LogP contribution in [0.4, 0.5) is 0 Å². The lowest BCUT2D eigenvalue weighted by Gasteiger charge is -2.41. The molecule has 1 saturated heterocycles. The van der Waals surface area contributed by atoms with Crippen LogP contribution in [-0.2, 0) is 44.7 Å². The molecule has 0 aliphatic carbocycles. The van der Waals surface area contributed by atoms with Crippen molar-refractivity contribution < 1.29 is 38.2 Å². The molecule has 2 aliphatic rings. The summed E-state index contributed by atoms with van der Waals surface area (Å²) in [6.07, 6.45) is 8.17. The fraction of sp³-hybridized carbons (Fsp3) is 0.647. The number of hydrogen-bond donors (Lipinski definition) is 2. The highest BCUT2D eigenvalue weighted by molar-refractivity contribution is 7.80. The van der Waals surface area contributed by atoms with E-state index in [0.29, 0.717) is 43.6 Å². The molecular formula is C51H77N7O8S2. The zero-order valence-corrected chi connectivity index (χ0v) is 43.8. The first-order chi connectivity index (χ1) is 32.4. The number of likely N-dealkylation sites (N-methyl/N-ethyl adjacent to an activating group) is 2. The molecule has 9 atom stereocenters. The number of amides is 6. The highest BCUT2D eigenvalue weighted by atomic mass is 32.1. The Morgan fingerprint density at radius 1 is 0.912 bits per heavy atom. The van der Waals surface area contributed by atoms with Crippen LogP contribution in [0.3, 0.4) is 0 Å². The highest BCUT2D eigenvalue weighted by Gasteiger charge is 2.43. The van der Waals surface area contributed by atoms with Gasteiger partial charge in [-0.25, -0.2) is 4.98 Å². The molecule has 1 aromatic heterocycles. The number of carbonyl (C=O) groups is 6. The number of thiazole rings is 1. The molecule has 376 valence electrons. The summed E-state index contributed by atoms with van der Waals surface area (Å²) in [6.45, 7) is 14.4. The SMILES string of the molecule is CCC(C)C(C(CC(=O)N1CCCC1C(OC)C(C)C(=S)NC(Cc1ccccc1)c1nccs1)OC)N(C)C(=O)C(NC(=O)C(C(C)C)N(C)C(=O)CCCCCN1C(=O)C=CC1=O)C(C)C. The molecule has 9 unspecified atom stereocenters. The number of hydrogen-bond acceptors (Lipinski definition) is 11. The van der Waals surface area contributed by atoms with Crippen molar-refractivity contribution in [3.63, 3.8) is 0 Å². The van der Waals surface area contributed by atoms with Gasteiger partial charge in [0.25, 0.3) is 11.8 Å². The molecule has 2 N–H and O–H groups in total.